The Labute approximate surface area is 198 Å². The molecule has 1 saturated carbocycles. The van der Waals surface area contributed by atoms with Crippen LogP contribution in [0, 0.1) is 17.2 Å². The van der Waals surface area contributed by atoms with Gasteiger partial charge in [0.2, 0.25) is 5.91 Å². The van der Waals surface area contributed by atoms with E-state index in [9.17, 15) is 10.1 Å². The van der Waals surface area contributed by atoms with Gasteiger partial charge in [-0.1, -0.05) is 20.8 Å². The third kappa shape index (κ3) is 4.61. The van der Waals surface area contributed by atoms with Crippen molar-refractivity contribution in [1.82, 2.24) is 9.88 Å². The first-order valence-corrected chi connectivity index (χ1v) is 12.2. The van der Waals surface area contributed by atoms with E-state index in [-0.39, 0.29) is 23.0 Å². The van der Waals surface area contributed by atoms with Crippen LogP contribution < -0.4 is 4.90 Å². The molecule has 1 atom stereocenters. The van der Waals surface area contributed by atoms with Gasteiger partial charge in [0, 0.05) is 44.1 Å². The average molecular weight is 455 g/mol. The fourth-order valence-electron chi connectivity index (χ4n) is 5.24. The Kier molecular flexibility index (Phi) is 6.45. The van der Waals surface area contributed by atoms with Crippen molar-refractivity contribution in [2.24, 2.45) is 5.92 Å². The van der Waals surface area contributed by atoms with E-state index in [1.165, 1.54) is 0 Å². The molecule has 1 unspecified atom stereocenters. The number of nitrogens with zero attached hydrogens (tertiary/aromatic N) is 4. The summed E-state index contributed by atoms with van der Waals surface area (Å²) in [7, 11) is 1.63. The minimum Gasteiger partial charge on any atom is -0.384 e. The highest BCUT2D eigenvalue weighted by Gasteiger charge is 2.46. The van der Waals surface area contributed by atoms with Crippen molar-refractivity contribution in [3.63, 3.8) is 0 Å². The quantitative estimate of drug-likeness (QED) is 0.654. The molecule has 0 N–H and O–H groups in total. The Morgan fingerprint density at radius 3 is 2.61 bits per heavy atom. The lowest BCUT2D eigenvalue weighted by atomic mass is 9.85. The fourth-order valence-corrected chi connectivity index (χ4v) is 5.24. The first-order chi connectivity index (χ1) is 15.6. The van der Waals surface area contributed by atoms with Crippen molar-refractivity contribution < 1.29 is 14.3 Å². The van der Waals surface area contributed by atoms with E-state index in [0.717, 1.165) is 35.5 Å². The lowest BCUT2D eigenvalue weighted by molar-refractivity contribution is -0.135. The normalized spacial score (nSPS) is 23.3. The van der Waals surface area contributed by atoms with Gasteiger partial charge in [-0.05, 0) is 38.2 Å². The highest BCUT2D eigenvalue weighted by atomic mass is 16.5. The standard InChI is InChI=1S/C26H38N4O3/c1-17(2)21-15-29(10-11-30(21)22(31)7-12-32-6)24-19(14-27)18-13-25(3,4)33-16-20(18)23(28-24)26(5)8-9-26/h17,21H,7-13,15-16H2,1-6H3. The molecule has 1 amide bonds. The third-order valence-electron chi connectivity index (χ3n) is 7.61. The van der Waals surface area contributed by atoms with E-state index >= 15 is 0 Å². The molecule has 1 aromatic heterocycles. The zero-order valence-corrected chi connectivity index (χ0v) is 21.0. The summed E-state index contributed by atoms with van der Waals surface area (Å²) in [4.78, 5) is 22.3. The minimum absolute atomic E-state index is 0.0761. The summed E-state index contributed by atoms with van der Waals surface area (Å²) in [6.07, 6.45) is 3.36. The van der Waals surface area contributed by atoms with E-state index in [1.807, 2.05) is 4.90 Å². The molecule has 33 heavy (non-hydrogen) atoms. The van der Waals surface area contributed by atoms with Crippen LogP contribution in [0.25, 0.3) is 0 Å². The van der Waals surface area contributed by atoms with Crippen LogP contribution in [0.15, 0.2) is 0 Å². The number of anilines is 1. The molecule has 0 aromatic carbocycles. The van der Waals surface area contributed by atoms with Crippen LogP contribution in [0.2, 0.25) is 0 Å². The summed E-state index contributed by atoms with van der Waals surface area (Å²) in [5, 5.41) is 10.3. The van der Waals surface area contributed by atoms with Gasteiger partial charge >= 0.3 is 0 Å². The number of aromatic nitrogens is 1. The van der Waals surface area contributed by atoms with E-state index in [0.29, 0.717) is 57.2 Å². The molecule has 2 aliphatic heterocycles. The van der Waals surface area contributed by atoms with Gasteiger partial charge in [0.05, 0.1) is 42.5 Å². The molecule has 7 nitrogen and oxygen atoms in total. The van der Waals surface area contributed by atoms with Crippen molar-refractivity contribution in [1.29, 1.82) is 5.26 Å². The van der Waals surface area contributed by atoms with Crippen molar-refractivity contribution >= 4 is 11.7 Å². The topological polar surface area (TPSA) is 78.7 Å². The SMILES string of the molecule is COCCC(=O)N1CCN(c2nc(C3(C)CC3)c3c(c2C#N)CC(C)(C)OC3)CC1C(C)C. The number of methoxy groups -OCH3 is 1. The number of piperazine rings is 1. The first kappa shape index (κ1) is 24.0. The zero-order valence-electron chi connectivity index (χ0n) is 21.0. The second kappa shape index (κ2) is 8.88. The monoisotopic (exact) mass is 454 g/mol. The highest BCUT2D eigenvalue weighted by Crippen LogP contribution is 2.51. The average Bonchev–Trinajstić information content (AvgIpc) is 3.53. The van der Waals surface area contributed by atoms with Gasteiger partial charge in [-0.3, -0.25) is 4.79 Å². The first-order valence-electron chi connectivity index (χ1n) is 12.2. The van der Waals surface area contributed by atoms with Gasteiger partial charge in [0.25, 0.3) is 0 Å². The Morgan fingerprint density at radius 1 is 1.27 bits per heavy atom. The Morgan fingerprint density at radius 2 is 2.00 bits per heavy atom. The molecule has 1 aliphatic carbocycles. The van der Waals surface area contributed by atoms with E-state index in [4.69, 9.17) is 14.5 Å². The van der Waals surface area contributed by atoms with Gasteiger partial charge in [-0.15, -0.1) is 0 Å². The maximum Gasteiger partial charge on any atom is 0.225 e. The Bertz CT molecular complexity index is 961. The molecule has 0 radical (unpaired) electrons. The van der Waals surface area contributed by atoms with Crippen molar-refractivity contribution in [2.75, 3.05) is 38.3 Å². The summed E-state index contributed by atoms with van der Waals surface area (Å²) < 4.78 is 11.3. The summed E-state index contributed by atoms with van der Waals surface area (Å²) >= 11 is 0. The number of hydrogen-bond acceptors (Lipinski definition) is 6. The number of hydrogen-bond donors (Lipinski definition) is 0. The van der Waals surface area contributed by atoms with Crippen LogP contribution in [0.1, 0.15) is 76.3 Å². The van der Waals surface area contributed by atoms with Gasteiger partial charge < -0.3 is 19.3 Å². The summed E-state index contributed by atoms with van der Waals surface area (Å²) in [5.74, 6) is 1.24. The molecule has 4 rings (SSSR count). The van der Waals surface area contributed by atoms with Crippen LogP contribution >= 0.6 is 0 Å². The lowest BCUT2D eigenvalue weighted by Crippen LogP contribution is -2.57. The number of amides is 1. The molecule has 1 aromatic rings. The van der Waals surface area contributed by atoms with E-state index in [2.05, 4.69) is 45.6 Å². The largest absolute Gasteiger partial charge is 0.384 e. The van der Waals surface area contributed by atoms with E-state index in [1.54, 1.807) is 7.11 Å². The van der Waals surface area contributed by atoms with Gasteiger partial charge in [-0.2, -0.15) is 5.26 Å². The maximum atomic E-state index is 12.8. The summed E-state index contributed by atoms with van der Waals surface area (Å²) in [5.41, 5.74) is 3.82. The number of fused-ring (bicyclic) bond motifs is 1. The molecular formula is C26H38N4O3. The number of carbonyl (C=O) groups is 1. The third-order valence-corrected chi connectivity index (χ3v) is 7.61. The lowest BCUT2D eigenvalue weighted by Gasteiger charge is -2.45. The molecule has 3 aliphatic rings. The van der Waals surface area contributed by atoms with E-state index < -0.39 is 0 Å². The van der Waals surface area contributed by atoms with Crippen LogP contribution in [-0.4, -0.2) is 60.8 Å². The Hall–Kier alpha value is -2.17. The van der Waals surface area contributed by atoms with Crippen molar-refractivity contribution in [2.45, 2.75) is 84.0 Å². The predicted octanol–water partition coefficient (Wildman–Crippen LogP) is 3.57. The van der Waals surface area contributed by atoms with Gasteiger partial charge in [0.1, 0.15) is 11.9 Å². The molecule has 3 heterocycles. The minimum atomic E-state index is -0.300. The molecule has 2 fully saturated rings. The summed E-state index contributed by atoms with van der Waals surface area (Å²) in [6.45, 7) is 13.7. The predicted molar refractivity (Wildman–Crippen MR) is 127 cm³/mol. The van der Waals surface area contributed by atoms with Crippen LogP contribution in [-0.2, 0) is 32.7 Å². The molecule has 0 spiro atoms. The zero-order chi connectivity index (χ0) is 24.0. The van der Waals surface area contributed by atoms with Crippen molar-refractivity contribution in [3.8, 4) is 6.07 Å². The second-order valence-corrected chi connectivity index (χ2v) is 11.1. The summed E-state index contributed by atoms with van der Waals surface area (Å²) in [6, 6.07) is 2.58. The fraction of sp³-hybridized carbons (Fsp3) is 0.731. The molecular weight excluding hydrogens is 416 g/mol. The number of rotatable bonds is 6. The van der Waals surface area contributed by atoms with Crippen LogP contribution in [0.5, 0.6) is 0 Å². The van der Waals surface area contributed by atoms with Gasteiger partial charge in [0.15, 0.2) is 0 Å². The number of nitriles is 1. The Balaban J connectivity index is 1.72. The maximum absolute atomic E-state index is 12.8. The van der Waals surface area contributed by atoms with Crippen molar-refractivity contribution in [3.05, 3.63) is 22.4 Å². The smallest absolute Gasteiger partial charge is 0.225 e. The van der Waals surface area contributed by atoms with Crippen LogP contribution in [0.3, 0.4) is 0 Å². The van der Waals surface area contributed by atoms with Gasteiger partial charge in [-0.25, -0.2) is 4.98 Å². The number of carbonyl (C=O) groups excluding carboxylic acids is 1. The second-order valence-electron chi connectivity index (χ2n) is 11.1. The molecule has 7 heteroatoms. The molecule has 180 valence electrons. The van der Waals surface area contributed by atoms with Crippen LogP contribution in [0.4, 0.5) is 5.82 Å². The number of pyridine rings is 1. The molecule has 1 saturated heterocycles. The highest BCUT2D eigenvalue weighted by molar-refractivity contribution is 5.77. The number of ether oxygens (including phenoxy) is 2. The molecule has 0 bridgehead atoms.